The van der Waals surface area contributed by atoms with Gasteiger partial charge in [-0.2, -0.15) is 5.10 Å². The monoisotopic (exact) mass is 368 g/mol. The van der Waals surface area contributed by atoms with Gasteiger partial charge in [-0.3, -0.25) is 4.68 Å². The fourth-order valence-electron chi connectivity index (χ4n) is 2.63. The highest BCUT2D eigenvalue weighted by Gasteiger charge is 1.97. The average molecular weight is 368 g/mol. The number of aryl methyl sites for hydroxylation is 1. The standard InChI is InChI=1S/C14H14N2.C10H10N2/c15-13-9-8-12(10-14(13)16)7-6-11-4-2-1-3-5-11;1-12-8-7-10(11-12)9-5-3-2-4-6-9/h1-10H,15-16H2;2-8H,1H3. The molecule has 4 heteroatoms. The quantitative estimate of drug-likeness (QED) is 0.390. The molecule has 1 aromatic heterocycles. The Labute approximate surface area is 165 Å². The predicted octanol–water partition coefficient (Wildman–Crippen LogP) is 5.11. The molecule has 0 fully saturated rings. The molecule has 0 radical (unpaired) electrons. The van der Waals surface area contributed by atoms with Gasteiger partial charge in [0, 0.05) is 18.8 Å². The van der Waals surface area contributed by atoms with Gasteiger partial charge in [0.25, 0.3) is 0 Å². The number of aromatic nitrogens is 2. The van der Waals surface area contributed by atoms with Gasteiger partial charge in [-0.25, -0.2) is 0 Å². The van der Waals surface area contributed by atoms with Crippen molar-refractivity contribution in [1.29, 1.82) is 0 Å². The summed E-state index contributed by atoms with van der Waals surface area (Å²) in [5.41, 5.74) is 17.0. The predicted molar refractivity (Wildman–Crippen MR) is 119 cm³/mol. The zero-order chi connectivity index (χ0) is 19.8. The van der Waals surface area contributed by atoms with Crippen LogP contribution in [0.4, 0.5) is 11.4 Å². The maximum atomic E-state index is 5.73. The SMILES string of the molecule is Cn1ccc(-c2ccccc2)n1.Nc1ccc(C=Cc2ccccc2)cc1N. The summed E-state index contributed by atoms with van der Waals surface area (Å²) in [6.45, 7) is 0. The van der Waals surface area contributed by atoms with Gasteiger partial charge in [0.1, 0.15) is 0 Å². The van der Waals surface area contributed by atoms with Gasteiger partial charge in [0.2, 0.25) is 0 Å². The van der Waals surface area contributed by atoms with Gasteiger partial charge in [-0.1, -0.05) is 78.9 Å². The normalized spacial score (nSPS) is 10.5. The summed E-state index contributed by atoms with van der Waals surface area (Å²) in [4.78, 5) is 0. The Bertz CT molecular complexity index is 1030. The number of hydrogen-bond acceptors (Lipinski definition) is 3. The maximum Gasteiger partial charge on any atom is 0.0923 e. The van der Waals surface area contributed by atoms with E-state index in [0.717, 1.165) is 22.4 Å². The molecule has 0 saturated carbocycles. The summed E-state index contributed by atoms with van der Waals surface area (Å²) >= 11 is 0. The topological polar surface area (TPSA) is 69.9 Å². The number of nitrogens with two attached hydrogens (primary N) is 2. The molecular formula is C24H24N4. The van der Waals surface area contributed by atoms with Gasteiger partial charge in [0.05, 0.1) is 17.1 Å². The Morgan fingerprint density at radius 2 is 1.36 bits per heavy atom. The molecule has 4 nitrogen and oxygen atoms in total. The van der Waals surface area contributed by atoms with Crippen molar-refractivity contribution in [2.75, 3.05) is 11.5 Å². The highest BCUT2D eigenvalue weighted by Crippen LogP contribution is 2.18. The molecule has 0 aliphatic rings. The van der Waals surface area contributed by atoms with Gasteiger partial charge < -0.3 is 11.5 Å². The first-order valence-corrected chi connectivity index (χ1v) is 9.05. The minimum absolute atomic E-state index is 0.621. The molecule has 0 spiro atoms. The van der Waals surface area contributed by atoms with Crippen LogP contribution in [0.25, 0.3) is 23.4 Å². The van der Waals surface area contributed by atoms with Crippen molar-refractivity contribution >= 4 is 23.5 Å². The molecular weight excluding hydrogens is 344 g/mol. The second kappa shape index (κ2) is 9.24. The van der Waals surface area contributed by atoms with Crippen LogP contribution in [0.2, 0.25) is 0 Å². The van der Waals surface area contributed by atoms with Crippen molar-refractivity contribution in [2.45, 2.75) is 0 Å². The molecule has 28 heavy (non-hydrogen) atoms. The lowest BCUT2D eigenvalue weighted by Crippen LogP contribution is -1.93. The second-order valence-electron chi connectivity index (χ2n) is 6.37. The van der Waals surface area contributed by atoms with Crippen molar-refractivity contribution in [3.05, 3.63) is 102 Å². The van der Waals surface area contributed by atoms with Crippen LogP contribution in [-0.2, 0) is 7.05 Å². The van der Waals surface area contributed by atoms with E-state index in [1.165, 1.54) is 0 Å². The fourth-order valence-corrected chi connectivity index (χ4v) is 2.63. The third kappa shape index (κ3) is 5.35. The van der Waals surface area contributed by atoms with E-state index in [9.17, 15) is 0 Å². The Morgan fingerprint density at radius 3 is 1.96 bits per heavy atom. The lowest BCUT2D eigenvalue weighted by Gasteiger charge is -2.00. The van der Waals surface area contributed by atoms with Crippen LogP contribution in [0.5, 0.6) is 0 Å². The van der Waals surface area contributed by atoms with E-state index < -0.39 is 0 Å². The van der Waals surface area contributed by atoms with Crippen LogP contribution in [0, 0.1) is 0 Å². The average Bonchev–Trinajstić information content (AvgIpc) is 3.17. The van der Waals surface area contributed by atoms with Crippen LogP contribution in [0.15, 0.2) is 91.1 Å². The lowest BCUT2D eigenvalue weighted by molar-refractivity contribution is 0.771. The molecule has 0 bridgehead atoms. The summed E-state index contributed by atoms with van der Waals surface area (Å²) in [6, 6.07) is 27.9. The van der Waals surface area contributed by atoms with E-state index in [4.69, 9.17) is 11.5 Å². The van der Waals surface area contributed by atoms with Crippen molar-refractivity contribution in [1.82, 2.24) is 9.78 Å². The van der Waals surface area contributed by atoms with Crippen molar-refractivity contribution < 1.29 is 0 Å². The van der Waals surface area contributed by atoms with E-state index in [1.54, 1.807) is 0 Å². The lowest BCUT2D eigenvalue weighted by atomic mass is 10.1. The molecule has 140 valence electrons. The smallest absolute Gasteiger partial charge is 0.0923 e. The molecule has 0 saturated heterocycles. The number of hydrogen-bond donors (Lipinski definition) is 2. The van der Waals surface area contributed by atoms with E-state index in [0.29, 0.717) is 11.4 Å². The maximum absolute atomic E-state index is 5.73. The molecule has 0 atom stereocenters. The molecule has 4 aromatic rings. The Morgan fingerprint density at radius 1 is 0.714 bits per heavy atom. The van der Waals surface area contributed by atoms with E-state index >= 15 is 0 Å². The van der Waals surface area contributed by atoms with Gasteiger partial charge in [0.15, 0.2) is 0 Å². The van der Waals surface area contributed by atoms with Crippen LogP contribution in [0.1, 0.15) is 11.1 Å². The van der Waals surface area contributed by atoms with E-state index in [2.05, 4.69) is 29.4 Å². The number of anilines is 2. The van der Waals surface area contributed by atoms with Crippen molar-refractivity contribution in [3.8, 4) is 11.3 Å². The van der Waals surface area contributed by atoms with Crippen molar-refractivity contribution in [3.63, 3.8) is 0 Å². The molecule has 3 aromatic carbocycles. The molecule has 0 unspecified atom stereocenters. The van der Waals surface area contributed by atoms with Crippen LogP contribution in [-0.4, -0.2) is 9.78 Å². The molecule has 0 aliphatic carbocycles. The Hall–Kier alpha value is -3.79. The first kappa shape index (κ1) is 19.0. The summed E-state index contributed by atoms with van der Waals surface area (Å²) in [5, 5.41) is 4.30. The molecule has 4 rings (SSSR count). The largest absolute Gasteiger partial charge is 0.397 e. The number of rotatable bonds is 3. The summed E-state index contributed by atoms with van der Waals surface area (Å²) in [5.74, 6) is 0. The van der Waals surface area contributed by atoms with Gasteiger partial charge >= 0.3 is 0 Å². The number of benzene rings is 3. The van der Waals surface area contributed by atoms with E-state index in [-0.39, 0.29) is 0 Å². The van der Waals surface area contributed by atoms with Gasteiger partial charge in [-0.15, -0.1) is 0 Å². The zero-order valence-electron chi connectivity index (χ0n) is 15.9. The molecule has 1 heterocycles. The van der Waals surface area contributed by atoms with Crippen LogP contribution < -0.4 is 11.5 Å². The van der Waals surface area contributed by atoms with E-state index in [1.807, 2.05) is 90.7 Å². The zero-order valence-corrected chi connectivity index (χ0v) is 15.9. The Kier molecular flexibility index (Phi) is 6.26. The molecule has 0 amide bonds. The summed E-state index contributed by atoms with van der Waals surface area (Å²) in [6.07, 6.45) is 6.01. The third-order valence-corrected chi connectivity index (χ3v) is 4.16. The highest BCUT2D eigenvalue weighted by atomic mass is 15.2. The minimum Gasteiger partial charge on any atom is -0.397 e. The number of nitrogens with zero attached hydrogens (tertiary/aromatic N) is 2. The number of nitrogen functional groups attached to an aromatic ring is 2. The second-order valence-corrected chi connectivity index (χ2v) is 6.37. The molecule has 0 aliphatic heterocycles. The van der Waals surface area contributed by atoms with Crippen LogP contribution in [0.3, 0.4) is 0 Å². The first-order chi connectivity index (χ1) is 13.6. The van der Waals surface area contributed by atoms with Gasteiger partial charge in [-0.05, 0) is 29.3 Å². The Balaban J connectivity index is 0.000000167. The van der Waals surface area contributed by atoms with Crippen LogP contribution >= 0.6 is 0 Å². The summed E-state index contributed by atoms with van der Waals surface area (Å²) < 4.78 is 1.81. The fraction of sp³-hybridized carbons (Fsp3) is 0.0417. The minimum atomic E-state index is 0.621. The molecule has 4 N–H and O–H groups in total. The first-order valence-electron chi connectivity index (χ1n) is 9.05. The highest BCUT2D eigenvalue weighted by molar-refractivity contribution is 5.74. The third-order valence-electron chi connectivity index (χ3n) is 4.16. The van der Waals surface area contributed by atoms with Crippen molar-refractivity contribution in [2.24, 2.45) is 7.05 Å². The summed E-state index contributed by atoms with van der Waals surface area (Å²) in [7, 11) is 1.92.